The number of halogens is 2. The Kier molecular flexibility index (Phi) is 5.25. The van der Waals surface area contributed by atoms with Crippen molar-refractivity contribution in [3.05, 3.63) is 70.8 Å². The topological polar surface area (TPSA) is 15.6 Å². The minimum absolute atomic E-state index is 0.0919. The van der Waals surface area contributed by atoms with Gasteiger partial charge in [-0.1, -0.05) is 42.5 Å². The number of piperidine rings is 1. The maximum Gasteiger partial charge on any atom is 0.263 e. The van der Waals surface area contributed by atoms with Crippen molar-refractivity contribution in [1.82, 2.24) is 4.90 Å². The normalized spacial score (nSPS) is 20.0. The van der Waals surface area contributed by atoms with E-state index in [4.69, 9.17) is 4.40 Å². The van der Waals surface area contributed by atoms with Crippen LogP contribution < -0.4 is 0 Å². The molecule has 26 heavy (non-hydrogen) atoms. The van der Waals surface area contributed by atoms with E-state index >= 15 is 0 Å². The first-order valence-electron chi connectivity index (χ1n) is 9.11. The molecule has 0 bridgehead atoms. The van der Waals surface area contributed by atoms with Crippen LogP contribution in [0.3, 0.4) is 0 Å². The Morgan fingerprint density at radius 2 is 1.92 bits per heavy atom. The van der Waals surface area contributed by atoms with Gasteiger partial charge in [0.05, 0.1) is 0 Å². The molecule has 1 unspecified atom stereocenters. The molecule has 0 N–H and O–H groups in total. The highest BCUT2D eigenvalue weighted by Crippen LogP contribution is 2.33. The smallest absolute Gasteiger partial charge is 0.263 e. The summed E-state index contributed by atoms with van der Waals surface area (Å²) in [4.78, 5) is 2.43. The van der Waals surface area contributed by atoms with Gasteiger partial charge in [-0.05, 0) is 54.0 Å². The summed E-state index contributed by atoms with van der Waals surface area (Å²) in [6, 6.07) is 15.3. The van der Waals surface area contributed by atoms with E-state index in [0.717, 1.165) is 36.4 Å². The minimum Gasteiger partial charge on any atom is -0.358 e. The SMILES string of the molecule is FC(F)c1cccc(Cc2ccc(C3CCCN4CCSN=C34)cc2)c1. The summed E-state index contributed by atoms with van der Waals surface area (Å²) in [5.41, 5.74) is 3.47. The number of benzene rings is 2. The molecule has 2 heterocycles. The van der Waals surface area contributed by atoms with Crippen LogP contribution in [0.2, 0.25) is 0 Å². The van der Waals surface area contributed by atoms with Crippen LogP contribution in [-0.4, -0.2) is 29.6 Å². The van der Waals surface area contributed by atoms with Gasteiger partial charge in [0, 0.05) is 30.3 Å². The fourth-order valence-electron chi connectivity index (χ4n) is 3.82. The fourth-order valence-corrected chi connectivity index (χ4v) is 4.59. The molecule has 1 atom stereocenters. The van der Waals surface area contributed by atoms with Gasteiger partial charge in [0.25, 0.3) is 6.43 Å². The molecule has 0 radical (unpaired) electrons. The third-order valence-corrected chi connectivity index (χ3v) is 5.84. The van der Waals surface area contributed by atoms with Crippen molar-refractivity contribution in [3.8, 4) is 0 Å². The maximum atomic E-state index is 12.9. The Bertz CT molecular complexity index is 789. The molecule has 136 valence electrons. The summed E-state index contributed by atoms with van der Waals surface area (Å²) >= 11 is 1.67. The van der Waals surface area contributed by atoms with Gasteiger partial charge in [-0.2, -0.15) is 0 Å². The summed E-state index contributed by atoms with van der Waals surface area (Å²) in [5, 5.41) is 0. The average molecular weight is 372 g/mol. The van der Waals surface area contributed by atoms with Crippen molar-refractivity contribution < 1.29 is 8.78 Å². The molecule has 0 aliphatic carbocycles. The molecular weight excluding hydrogens is 350 g/mol. The van der Waals surface area contributed by atoms with Gasteiger partial charge in [-0.15, -0.1) is 0 Å². The maximum absolute atomic E-state index is 12.9. The zero-order valence-corrected chi connectivity index (χ0v) is 15.4. The number of alkyl halides is 2. The lowest BCUT2D eigenvalue weighted by Gasteiger charge is -2.37. The summed E-state index contributed by atoms with van der Waals surface area (Å²) in [7, 11) is 0. The van der Waals surface area contributed by atoms with E-state index in [0.29, 0.717) is 12.3 Å². The lowest BCUT2D eigenvalue weighted by Crippen LogP contribution is -2.42. The van der Waals surface area contributed by atoms with Crippen LogP contribution in [0.1, 0.15) is 47.4 Å². The first-order chi connectivity index (χ1) is 12.7. The van der Waals surface area contributed by atoms with Crippen LogP contribution in [0.5, 0.6) is 0 Å². The summed E-state index contributed by atoms with van der Waals surface area (Å²) < 4.78 is 30.4. The van der Waals surface area contributed by atoms with Crippen LogP contribution in [0.15, 0.2) is 52.9 Å². The Morgan fingerprint density at radius 1 is 1.08 bits per heavy atom. The monoisotopic (exact) mass is 372 g/mol. The Balaban J connectivity index is 1.50. The van der Waals surface area contributed by atoms with E-state index in [1.165, 1.54) is 23.9 Å². The predicted octanol–water partition coefficient (Wildman–Crippen LogP) is 5.45. The summed E-state index contributed by atoms with van der Waals surface area (Å²) in [6.45, 7) is 2.22. The third-order valence-electron chi connectivity index (χ3n) is 5.16. The molecule has 0 saturated carbocycles. The van der Waals surface area contributed by atoms with Crippen molar-refractivity contribution in [1.29, 1.82) is 0 Å². The second-order valence-corrected chi connectivity index (χ2v) is 7.78. The highest BCUT2D eigenvalue weighted by atomic mass is 32.2. The molecule has 2 aromatic carbocycles. The van der Waals surface area contributed by atoms with E-state index in [1.807, 2.05) is 6.07 Å². The Labute approximate surface area is 157 Å². The lowest BCUT2D eigenvalue weighted by atomic mass is 9.88. The molecule has 4 rings (SSSR count). The Hall–Kier alpha value is -1.88. The molecule has 2 nitrogen and oxygen atoms in total. The van der Waals surface area contributed by atoms with E-state index in [2.05, 4.69) is 29.2 Å². The number of rotatable bonds is 4. The van der Waals surface area contributed by atoms with Crippen LogP contribution >= 0.6 is 11.9 Å². The van der Waals surface area contributed by atoms with Crippen molar-refractivity contribution in [2.45, 2.75) is 31.6 Å². The van der Waals surface area contributed by atoms with Gasteiger partial charge < -0.3 is 4.90 Å². The van der Waals surface area contributed by atoms with E-state index in [9.17, 15) is 8.78 Å². The molecule has 1 fully saturated rings. The average Bonchev–Trinajstić information content (AvgIpc) is 2.68. The van der Waals surface area contributed by atoms with Crippen molar-refractivity contribution in [2.75, 3.05) is 18.8 Å². The van der Waals surface area contributed by atoms with Crippen LogP contribution in [0.4, 0.5) is 8.78 Å². The van der Waals surface area contributed by atoms with Crippen molar-refractivity contribution >= 4 is 17.8 Å². The standard InChI is InChI=1S/C21H22F2N2S/c22-20(23)18-4-1-3-16(14-18)13-15-6-8-17(9-7-15)19-5-2-10-25-11-12-26-24-21(19)25/h1,3-4,6-9,14,19-20H,2,5,10-13H2. The predicted molar refractivity (Wildman–Crippen MR) is 104 cm³/mol. The molecule has 1 saturated heterocycles. The molecular formula is C21H22F2N2S. The van der Waals surface area contributed by atoms with Crippen molar-refractivity contribution in [3.63, 3.8) is 0 Å². The number of fused-ring (bicyclic) bond motifs is 1. The summed E-state index contributed by atoms with van der Waals surface area (Å²) in [5.74, 6) is 2.69. The second-order valence-electron chi connectivity index (χ2n) is 6.93. The molecule has 2 aromatic rings. The van der Waals surface area contributed by atoms with Gasteiger partial charge in [0.15, 0.2) is 0 Å². The number of nitrogens with zero attached hydrogens (tertiary/aromatic N) is 2. The molecule has 2 aliphatic heterocycles. The van der Waals surface area contributed by atoms with Gasteiger partial charge in [-0.25, -0.2) is 13.2 Å². The van der Waals surface area contributed by atoms with E-state index in [1.54, 1.807) is 24.1 Å². The highest BCUT2D eigenvalue weighted by molar-refractivity contribution is 7.98. The van der Waals surface area contributed by atoms with E-state index < -0.39 is 6.43 Å². The fraction of sp³-hybridized carbons (Fsp3) is 0.381. The summed E-state index contributed by atoms with van der Waals surface area (Å²) in [6.07, 6.45) is 0.608. The molecule has 0 aromatic heterocycles. The first-order valence-corrected chi connectivity index (χ1v) is 10.1. The largest absolute Gasteiger partial charge is 0.358 e. The van der Waals surface area contributed by atoms with Crippen LogP contribution in [-0.2, 0) is 6.42 Å². The highest BCUT2D eigenvalue weighted by Gasteiger charge is 2.29. The van der Waals surface area contributed by atoms with Gasteiger partial charge in [0.2, 0.25) is 0 Å². The number of hydrogen-bond acceptors (Lipinski definition) is 3. The van der Waals surface area contributed by atoms with Crippen LogP contribution in [0, 0.1) is 0 Å². The molecule has 5 heteroatoms. The first kappa shape index (κ1) is 17.5. The second kappa shape index (κ2) is 7.78. The zero-order valence-electron chi connectivity index (χ0n) is 14.6. The van der Waals surface area contributed by atoms with Gasteiger partial charge >= 0.3 is 0 Å². The van der Waals surface area contributed by atoms with Crippen molar-refractivity contribution in [2.24, 2.45) is 4.40 Å². The molecule has 0 spiro atoms. The molecule has 0 amide bonds. The number of hydrogen-bond donors (Lipinski definition) is 0. The Morgan fingerprint density at radius 3 is 2.73 bits per heavy atom. The van der Waals surface area contributed by atoms with Crippen LogP contribution in [0.25, 0.3) is 0 Å². The molecule has 2 aliphatic rings. The van der Waals surface area contributed by atoms with Gasteiger partial charge in [-0.3, -0.25) is 0 Å². The van der Waals surface area contributed by atoms with E-state index in [-0.39, 0.29) is 5.56 Å². The third kappa shape index (κ3) is 3.78. The quantitative estimate of drug-likeness (QED) is 0.663. The lowest BCUT2D eigenvalue weighted by molar-refractivity contribution is 0.151. The zero-order chi connectivity index (χ0) is 17.9. The number of amidine groups is 1. The van der Waals surface area contributed by atoms with Gasteiger partial charge in [0.1, 0.15) is 5.84 Å². The minimum atomic E-state index is -2.42.